The molecule has 0 fully saturated rings. The average Bonchev–Trinajstić information content (AvgIpc) is 2.77. The number of benzene rings is 2. The Morgan fingerprint density at radius 2 is 1.60 bits per heavy atom. The zero-order valence-corrected chi connectivity index (χ0v) is 21.6. The minimum Gasteiger partial charge on any atom is -0.494 e. The first-order chi connectivity index (χ1) is 16.4. The third-order valence-corrected chi connectivity index (χ3v) is 5.33. The summed E-state index contributed by atoms with van der Waals surface area (Å²) in [5.41, 5.74) is 1.95. The Labute approximate surface area is 209 Å². The molecule has 0 unspecified atom stereocenters. The van der Waals surface area contributed by atoms with Gasteiger partial charge in [0.15, 0.2) is 0 Å². The zero-order valence-electron chi connectivity index (χ0n) is 21.6. The molecule has 0 aliphatic heterocycles. The van der Waals surface area contributed by atoms with Gasteiger partial charge < -0.3 is 25.2 Å². The Kier molecular flexibility index (Phi) is 10.6. The van der Waals surface area contributed by atoms with Crippen molar-refractivity contribution in [1.29, 1.82) is 0 Å². The molecule has 0 spiro atoms. The van der Waals surface area contributed by atoms with E-state index in [0.717, 1.165) is 36.3 Å². The number of amides is 1. The van der Waals surface area contributed by atoms with E-state index in [9.17, 15) is 14.7 Å². The van der Waals surface area contributed by atoms with Crippen LogP contribution in [-0.2, 0) is 22.6 Å². The van der Waals surface area contributed by atoms with Gasteiger partial charge >= 0.3 is 12.1 Å². The smallest absolute Gasteiger partial charge is 0.408 e. The van der Waals surface area contributed by atoms with Crippen molar-refractivity contribution in [1.82, 2.24) is 10.6 Å². The molecule has 192 valence electrons. The van der Waals surface area contributed by atoms with E-state index < -0.39 is 18.1 Å². The van der Waals surface area contributed by atoms with E-state index in [1.807, 2.05) is 54.6 Å². The Bertz CT molecular complexity index is 921. The molecular weight excluding hydrogens is 444 g/mol. The van der Waals surface area contributed by atoms with Crippen molar-refractivity contribution in [2.24, 2.45) is 5.41 Å². The number of hydrogen-bond acceptors (Lipinski definition) is 5. The Morgan fingerprint density at radius 3 is 2.20 bits per heavy atom. The lowest BCUT2D eigenvalue weighted by molar-refractivity contribution is -0.139. The highest BCUT2D eigenvalue weighted by molar-refractivity contribution is 5.80. The summed E-state index contributed by atoms with van der Waals surface area (Å²) in [4.78, 5) is 23.7. The fourth-order valence-electron chi connectivity index (χ4n) is 4.14. The molecule has 7 heteroatoms. The largest absolute Gasteiger partial charge is 0.494 e. The average molecular weight is 485 g/mol. The van der Waals surface area contributed by atoms with Gasteiger partial charge in [-0.3, -0.25) is 0 Å². The number of carbonyl (C=O) groups is 2. The highest BCUT2D eigenvalue weighted by Crippen LogP contribution is 2.26. The van der Waals surface area contributed by atoms with Crippen molar-refractivity contribution in [2.45, 2.75) is 72.1 Å². The van der Waals surface area contributed by atoms with E-state index in [2.05, 4.69) is 45.3 Å². The number of ether oxygens (including phenoxy) is 2. The van der Waals surface area contributed by atoms with Gasteiger partial charge in [-0.2, -0.15) is 0 Å². The third kappa shape index (κ3) is 11.8. The number of hydrogen-bond donors (Lipinski definition) is 3. The van der Waals surface area contributed by atoms with Crippen LogP contribution in [0.15, 0.2) is 54.6 Å². The lowest BCUT2D eigenvalue weighted by Crippen LogP contribution is -2.43. The van der Waals surface area contributed by atoms with E-state index in [-0.39, 0.29) is 24.0 Å². The van der Waals surface area contributed by atoms with Crippen LogP contribution in [0.2, 0.25) is 0 Å². The molecule has 0 saturated heterocycles. The minimum atomic E-state index is -1.12. The second-order valence-corrected chi connectivity index (χ2v) is 10.7. The van der Waals surface area contributed by atoms with Gasteiger partial charge in [-0.25, -0.2) is 9.59 Å². The zero-order chi connectivity index (χ0) is 25.9. The number of carbonyl (C=O) groups excluding carboxylic acids is 1. The van der Waals surface area contributed by atoms with Crippen LogP contribution >= 0.6 is 0 Å². The van der Waals surface area contributed by atoms with E-state index in [4.69, 9.17) is 9.47 Å². The van der Waals surface area contributed by atoms with E-state index >= 15 is 0 Å². The fraction of sp³-hybridized carbons (Fsp3) is 0.500. The first-order valence-corrected chi connectivity index (χ1v) is 12.1. The topological polar surface area (TPSA) is 96.9 Å². The molecule has 2 rings (SSSR count). The summed E-state index contributed by atoms with van der Waals surface area (Å²) < 4.78 is 11.0. The van der Waals surface area contributed by atoms with Crippen molar-refractivity contribution in [2.75, 3.05) is 13.2 Å². The predicted octanol–water partition coefficient (Wildman–Crippen LogP) is 5.18. The van der Waals surface area contributed by atoms with Crippen molar-refractivity contribution >= 4 is 12.1 Å². The quantitative estimate of drug-likeness (QED) is 0.339. The molecule has 0 radical (unpaired) electrons. The van der Waals surface area contributed by atoms with Crippen LogP contribution < -0.4 is 15.4 Å². The Hall–Kier alpha value is -3.06. The molecule has 0 aromatic heterocycles. The van der Waals surface area contributed by atoms with Crippen LogP contribution in [0.5, 0.6) is 5.75 Å². The Morgan fingerprint density at radius 1 is 0.943 bits per heavy atom. The maximum atomic E-state index is 12.1. The molecule has 2 aromatic carbocycles. The van der Waals surface area contributed by atoms with Crippen LogP contribution in [0.25, 0.3) is 0 Å². The van der Waals surface area contributed by atoms with Gasteiger partial charge in [0, 0.05) is 12.0 Å². The first kappa shape index (κ1) is 28.2. The summed E-state index contributed by atoms with van der Waals surface area (Å²) in [7, 11) is 0. The van der Waals surface area contributed by atoms with E-state index in [0.29, 0.717) is 6.61 Å². The number of nitrogens with one attached hydrogen (secondary N) is 2. The number of aliphatic carboxylic acids is 1. The molecule has 3 N–H and O–H groups in total. The van der Waals surface area contributed by atoms with Crippen LogP contribution in [0, 0.1) is 5.41 Å². The second kappa shape index (κ2) is 13.1. The second-order valence-electron chi connectivity index (χ2n) is 10.7. The van der Waals surface area contributed by atoms with Gasteiger partial charge in [-0.15, -0.1) is 0 Å². The van der Waals surface area contributed by atoms with Crippen molar-refractivity contribution < 1.29 is 24.2 Å². The highest BCUT2D eigenvalue weighted by atomic mass is 16.5. The molecule has 1 atom stereocenters. The van der Waals surface area contributed by atoms with Crippen LogP contribution in [-0.4, -0.2) is 41.9 Å². The van der Waals surface area contributed by atoms with Crippen molar-refractivity contribution in [3.05, 3.63) is 65.7 Å². The van der Waals surface area contributed by atoms with Gasteiger partial charge in [-0.1, -0.05) is 63.2 Å². The first-order valence-electron chi connectivity index (χ1n) is 12.1. The lowest BCUT2D eigenvalue weighted by atomic mass is 9.82. The van der Waals surface area contributed by atoms with Crippen molar-refractivity contribution in [3.8, 4) is 5.75 Å². The standard InChI is InChI=1S/C28H40N2O5/c1-27(2,3)20-28(4,5)29-16-9-17-34-23-14-12-21(13-15-23)18-24(25(31)32)30-26(33)35-19-22-10-7-6-8-11-22/h6-8,10-15,24,29H,9,16-20H2,1-5H3,(H,30,33)(H,31,32)/t24-/m0/s1. The molecule has 2 aromatic rings. The minimum absolute atomic E-state index is 0.0720. The number of alkyl carbamates (subject to hydrolysis) is 1. The summed E-state index contributed by atoms with van der Waals surface area (Å²) in [5.74, 6) is -0.395. The van der Waals surface area contributed by atoms with E-state index in [1.165, 1.54) is 0 Å². The van der Waals surface area contributed by atoms with Crippen LogP contribution in [0.4, 0.5) is 4.79 Å². The predicted molar refractivity (Wildman–Crippen MR) is 138 cm³/mol. The fourth-order valence-corrected chi connectivity index (χ4v) is 4.14. The molecule has 0 aliphatic rings. The number of carboxylic acids is 1. The number of carboxylic acid groups (broad SMARTS) is 1. The summed E-state index contributed by atoms with van der Waals surface area (Å²) in [6, 6.07) is 15.4. The van der Waals surface area contributed by atoms with Gasteiger partial charge in [-0.05, 0) is 61.9 Å². The van der Waals surface area contributed by atoms with Gasteiger partial charge in [0.05, 0.1) is 6.61 Å². The van der Waals surface area contributed by atoms with Crippen LogP contribution in [0.1, 0.15) is 58.6 Å². The van der Waals surface area contributed by atoms with Crippen molar-refractivity contribution in [3.63, 3.8) is 0 Å². The summed E-state index contributed by atoms with van der Waals surface area (Å²) in [6.07, 6.45) is 1.34. The SMILES string of the molecule is CC(C)(C)CC(C)(C)NCCCOc1ccc(C[C@H](NC(=O)OCc2ccccc2)C(=O)O)cc1. The van der Waals surface area contributed by atoms with E-state index in [1.54, 1.807) is 0 Å². The summed E-state index contributed by atoms with van der Waals surface area (Å²) in [5, 5.41) is 15.5. The number of rotatable bonds is 13. The summed E-state index contributed by atoms with van der Waals surface area (Å²) in [6.45, 7) is 12.7. The normalized spacial score (nSPS) is 12.6. The van der Waals surface area contributed by atoms with Gasteiger partial charge in [0.25, 0.3) is 0 Å². The Balaban J connectivity index is 1.74. The molecule has 35 heavy (non-hydrogen) atoms. The molecule has 0 aliphatic carbocycles. The maximum Gasteiger partial charge on any atom is 0.408 e. The molecule has 0 heterocycles. The molecule has 1 amide bonds. The molecule has 7 nitrogen and oxygen atoms in total. The molecule has 0 bridgehead atoms. The molecule has 0 saturated carbocycles. The van der Waals surface area contributed by atoms with Gasteiger partial charge in [0.2, 0.25) is 0 Å². The highest BCUT2D eigenvalue weighted by Gasteiger charge is 2.24. The van der Waals surface area contributed by atoms with Gasteiger partial charge in [0.1, 0.15) is 18.4 Å². The monoisotopic (exact) mass is 484 g/mol. The maximum absolute atomic E-state index is 12.1. The summed E-state index contributed by atoms with van der Waals surface area (Å²) >= 11 is 0. The molecular formula is C28H40N2O5. The van der Waals surface area contributed by atoms with Crippen LogP contribution in [0.3, 0.4) is 0 Å². The third-order valence-electron chi connectivity index (χ3n) is 5.33. The lowest BCUT2D eigenvalue weighted by Gasteiger charge is -2.33.